The lowest BCUT2D eigenvalue weighted by molar-refractivity contribution is -0.134. The summed E-state index contributed by atoms with van der Waals surface area (Å²) in [5.74, 6) is -0.215. The summed E-state index contributed by atoms with van der Waals surface area (Å²) >= 11 is 0. The molecule has 5 nitrogen and oxygen atoms in total. The Hall–Kier alpha value is -1.88. The van der Waals surface area contributed by atoms with Crippen LogP contribution in [0.4, 0.5) is 0 Å². The van der Waals surface area contributed by atoms with Gasteiger partial charge in [-0.05, 0) is 18.4 Å². The van der Waals surface area contributed by atoms with Crippen molar-refractivity contribution in [2.45, 2.75) is 19.8 Å². The number of benzene rings is 1. The highest BCUT2D eigenvalue weighted by Gasteiger charge is 2.13. The number of nitrogens with one attached hydrogen (secondary N) is 1. The molecule has 1 rings (SSSR count). The van der Waals surface area contributed by atoms with Crippen molar-refractivity contribution in [1.29, 1.82) is 0 Å². The first-order chi connectivity index (χ1) is 10.1. The second-order valence-electron chi connectivity index (χ2n) is 4.87. The molecule has 0 aliphatic rings. The van der Waals surface area contributed by atoms with Crippen LogP contribution in [0.25, 0.3) is 0 Å². The van der Waals surface area contributed by atoms with Gasteiger partial charge in [-0.3, -0.25) is 9.59 Å². The molecule has 0 spiro atoms. The molecule has 116 valence electrons. The van der Waals surface area contributed by atoms with E-state index in [2.05, 4.69) is 5.32 Å². The van der Waals surface area contributed by atoms with Crippen LogP contribution in [0.1, 0.15) is 18.9 Å². The quantitative estimate of drug-likeness (QED) is 0.696. The molecule has 0 fully saturated rings. The lowest BCUT2D eigenvalue weighted by Gasteiger charge is -2.20. The topological polar surface area (TPSA) is 58.6 Å². The van der Waals surface area contributed by atoms with Gasteiger partial charge in [0.2, 0.25) is 11.8 Å². The highest BCUT2D eigenvalue weighted by Crippen LogP contribution is 2.01. The van der Waals surface area contributed by atoms with Gasteiger partial charge >= 0.3 is 0 Å². The predicted molar refractivity (Wildman–Crippen MR) is 81.9 cm³/mol. The molecule has 0 radical (unpaired) electrons. The van der Waals surface area contributed by atoms with Gasteiger partial charge in [0.15, 0.2) is 0 Å². The summed E-state index contributed by atoms with van der Waals surface area (Å²) in [4.78, 5) is 25.0. The average Bonchev–Trinajstić information content (AvgIpc) is 2.48. The summed E-state index contributed by atoms with van der Waals surface area (Å²) in [7, 11) is 1.63. The largest absolute Gasteiger partial charge is 0.385 e. The Bertz CT molecular complexity index is 434. The van der Waals surface area contributed by atoms with Crippen molar-refractivity contribution < 1.29 is 14.3 Å². The second-order valence-corrected chi connectivity index (χ2v) is 4.87. The molecule has 0 unspecified atom stereocenters. The number of hydrogen-bond acceptors (Lipinski definition) is 3. The zero-order valence-electron chi connectivity index (χ0n) is 12.8. The van der Waals surface area contributed by atoms with Gasteiger partial charge in [-0.2, -0.15) is 0 Å². The first-order valence-corrected chi connectivity index (χ1v) is 7.18. The third kappa shape index (κ3) is 7.46. The Morgan fingerprint density at radius 3 is 2.57 bits per heavy atom. The number of carbonyl (C=O) groups excluding carboxylic acids is 2. The van der Waals surface area contributed by atoms with Crippen LogP contribution in [-0.2, 0) is 20.7 Å². The van der Waals surface area contributed by atoms with Crippen molar-refractivity contribution >= 4 is 11.8 Å². The van der Waals surface area contributed by atoms with Crippen LogP contribution in [-0.4, -0.2) is 50.1 Å². The van der Waals surface area contributed by atoms with E-state index in [0.29, 0.717) is 19.7 Å². The van der Waals surface area contributed by atoms with E-state index in [9.17, 15) is 9.59 Å². The van der Waals surface area contributed by atoms with Crippen LogP contribution < -0.4 is 5.32 Å². The van der Waals surface area contributed by atoms with Crippen molar-refractivity contribution in [3.05, 3.63) is 35.9 Å². The number of carbonyl (C=O) groups is 2. The van der Waals surface area contributed by atoms with Gasteiger partial charge in [0.05, 0.1) is 6.54 Å². The van der Waals surface area contributed by atoms with Crippen LogP contribution in [0.2, 0.25) is 0 Å². The SMILES string of the molecule is COCCCNC(=O)CN(CCc1ccccc1)C(C)=O. The molecule has 1 aromatic rings. The lowest BCUT2D eigenvalue weighted by Crippen LogP contribution is -2.41. The first kappa shape index (κ1) is 17.2. The fourth-order valence-corrected chi connectivity index (χ4v) is 1.93. The van der Waals surface area contributed by atoms with E-state index >= 15 is 0 Å². The molecular formula is C16H24N2O3. The number of amides is 2. The monoisotopic (exact) mass is 292 g/mol. The Balaban J connectivity index is 2.35. The van der Waals surface area contributed by atoms with Gasteiger partial charge in [0.1, 0.15) is 0 Å². The third-order valence-corrected chi connectivity index (χ3v) is 3.14. The fourth-order valence-electron chi connectivity index (χ4n) is 1.93. The molecule has 0 aromatic heterocycles. The summed E-state index contributed by atoms with van der Waals surface area (Å²) in [6.07, 6.45) is 1.52. The van der Waals surface area contributed by atoms with Crippen molar-refractivity contribution in [3.8, 4) is 0 Å². The third-order valence-electron chi connectivity index (χ3n) is 3.14. The van der Waals surface area contributed by atoms with Crippen molar-refractivity contribution in [1.82, 2.24) is 10.2 Å². The van der Waals surface area contributed by atoms with Gasteiger partial charge in [-0.1, -0.05) is 30.3 Å². The van der Waals surface area contributed by atoms with Gasteiger partial charge in [0.25, 0.3) is 0 Å². The van der Waals surface area contributed by atoms with E-state index in [1.165, 1.54) is 6.92 Å². The van der Waals surface area contributed by atoms with Gasteiger partial charge in [-0.25, -0.2) is 0 Å². The van der Waals surface area contributed by atoms with E-state index in [0.717, 1.165) is 18.4 Å². The number of methoxy groups -OCH3 is 1. The zero-order chi connectivity index (χ0) is 15.5. The zero-order valence-corrected chi connectivity index (χ0v) is 12.8. The molecule has 0 saturated carbocycles. The molecule has 5 heteroatoms. The molecule has 1 aromatic carbocycles. The number of hydrogen-bond donors (Lipinski definition) is 1. The highest BCUT2D eigenvalue weighted by molar-refractivity contribution is 5.83. The molecule has 0 aliphatic carbocycles. The van der Waals surface area contributed by atoms with Crippen molar-refractivity contribution in [2.75, 3.05) is 33.4 Å². The predicted octanol–water partition coefficient (Wildman–Crippen LogP) is 1.23. The van der Waals surface area contributed by atoms with Crippen molar-refractivity contribution in [2.24, 2.45) is 0 Å². The van der Waals surface area contributed by atoms with Crippen LogP contribution >= 0.6 is 0 Å². The van der Waals surface area contributed by atoms with E-state index in [1.54, 1.807) is 12.0 Å². The molecule has 0 atom stereocenters. The highest BCUT2D eigenvalue weighted by atomic mass is 16.5. The van der Waals surface area contributed by atoms with Gasteiger partial charge < -0.3 is 15.0 Å². The number of nitrogens with zero attached hydrogens (tertiary/aromatic N) is 1. The molecule has 2 amide bonds. The van der Waals surface area contributed by atoms with Crippen LogP contribution in [0.5, 0.6) is 0 Å². The van der Waals surface area contributed by atoms with Crippen LogP contribution in [0.15, 0.2) is 30.3 Å². The number of ether oxygens (including phenoxy) is 1. The standard InChI is InChI=1S/C16H24N2O3/c1-14(19)18(11-9-15-7-4-3-5-8-15)13-16(20)17-10-6-12-21-2/h3-5,7-8H,6,9-13H2,1-2H3,(H,17,20). The minimum Gasteiger partial charge on any atom is -0.385 e. The average molecular weight is 292 g/mol. The maximum Gasteiger partial charge on any atom is 0.239 e. The maximum absolute atomic E-state index is 11.8. The van der Waals surface area contributed by atoms with Gasteiger partial charge in [0, 0.05) is 33.7 Å². The summed E-state index contributed by atoms with van der Waals surface area (Å²) < 4.78 is 4.91. The first-order valence-electron chi connectivity index (χ1n) is 7.18. The summed E-state index contributed by atoms with van der Waals surface area (Å²) in [6.45, 7) is 3.32. The summed E-state index contributed by atoms with van der Waals surface area (Å²) in [6, 6.07) is 9.93. The normalized spacial score (nSPS) is 10.2. The fraction of sp³-hybridized carbons (Fsp3) is 0.500. The Morgan fingerprint density at radius 2 is 1.95 bits per heavy atom. The molecule has 0 saturated heterocycles. The van der Waals surface area contributed by atoms with Crippen LogP contribution in [0.3, 0.4) is 0 Å². The van der Waals surface area contributed by atoms with E-state index in [4.69, 9.17) is 4.74 Å². The summed E-state index contributed by atoms with van der Waals surface area (Å²) in [5, 5.41) is 2.79. The van der Waals surface area contributed by atoms with E-state index in [-0.39, 0.29) is 18.4 Å². The molecule has 1 N–H and O–H groups in total. The minimum atomic E-state index is -0.130. The lowest BCUT2D eigenvalue weighted by atomic mass is 10.1. The Morgan fingerprint density at radius 1 is 1.24 bits per heavy atom. The second kappa shape index (κ2) is 9.94. The van der Waals surface area contributed by atoms with Gasteiger partial charge in [-0.15, -0.1) is 0 Å². The Kier molecular flexibility index (Phi) is 8.12. The van der Waals surface area contributed by atoms with E-state index in [1.807, 2.05) is 30.3 Å². The Labute approximate surface area is 126 Å². The van der Waals surface area contributed by atoms with Crippen molar-refractivity contribution in [3.63, 3.8) is 0 Å². The summed E-state index contributed by atoms with van der Waals surface area (Å²) in [5.41, 5.74) is 1.16. The molecule has 0 bridgehead atoms. The smallest absolute Gasteiger partial charge is 0.239 e. The molecular weight excluding hydrogens is 268 g/mol. The molecule has 21 heavy (non-hydrogen) atoms. The maximum atomic E-state index is 11.8. The number of rotatable bonds is 9. The molecule has 0 heterocycles. The van der Waals surface area contributed by atoms with Crippen LogP contribution in [0, 0.1) is 0 Å². The van der Waals surface area contributed by atoms with E-state index < -0.39 is 0 Å². The molecule has 0 aliphatic heterocycles. The minimum absolute atomic E-state index is 0.0852.